The molecule has 94 valence electrons. The SMILES string of the molecule is CCc1ccc(-c2ccc(C)c(F)c2F)cc1F. The van der Waals surface area contributed by atoms with E-state index in [1.54, 1.807) is 12.1 Å². The summed E-state index contributed by atoms with van der Waals surface area (Å²) in [6.45, 7) is 3.33. The Morgan fingerprint density at radius 1 is 0.944 bits per heavy atom. The van der Waals surface area contributed by atoms with E-state index < -0.39 is 17.5 Å². The van der Waals surface area contributed by atoms with Crippen LogP contribution < -0.4 is 0 Å². The van der Waals surface area contributed by atoms with E-state index in [1.807, 2.05) is 6.92 Å². The summed E-state index contributed by atoms with van der Waals surface area (Å²) in [5.74, 6) is -2.21. The quantitative estimate of drug-likeness (QED) is 0.728. The molecule has 0 aliphatic carbocycles. The lowest BCUT2D eigenvalue weighted by Crippen LogP contribution is -1.95. The molecule has 3 heteroatoms. The maximum Gasteiger partial charge on any atom is 0.166 e. The van der Waals surface area contributed by atoms with Crippen LogP contribution in [0.1, 0.15) is 18.1 Å². The van der Waals surface area contributed by atoms with Crippen LogP contribution in [0.3, 0.4) is 0 Å². The van der Waals surface area contributed by atoms with Crippen molar-refractivity contribution in [2.24, 2.45) is 0 Å². The zero-order valence-corrected chi connectivity index (χ0v) is 10.2. The molecule has 0 fully saturated rings. The second kappa shape index (κ2) is 4.84. The number of benzene rings is 2. The van der Waals surface area contributed by atoms with Crippen molar-refractivity contribution in [1.82, 2.24) is 0 Å². The summed E-state index contributed by atoms with van der Waals surface area (Å²) >= 11 is 0. The average molecular weight is 250 g/mol. The van der Waals surface area contributed by atoms with Crippen molar-refractivity contribution in [2.75, 3.05) is 0 Å². The molecule has 0 aromatic heterocycles. The Balaban J connectivity index is 2.56. The first-order chi connectivity index (χ1) is 8.54. The van der Waals surface area contributed by atoms with E-state index in [1.165, 1.54) is 25.1 Å². The molecule has 0 unspecified atom stereocenters. The molecule has 0 aliphatic rings. The normalized spacial score (nSPS) is 10.7. The minimum absolute atomic E-state index is 0.0830. The molecule has 0 aliphatic heterocycles. The number of aryl methyl sites for hydroxylation is 2. The van der Waals surface area contributed by atoms with Gasteiger partial charge in [-0.05, 0) is 36.1 Å². The monoisotopic (exact) mass is 250 g/mol. The largest absolute Gasteiger partial charge is 0.207 e. The summed E-state index contributed by atoms with van der Waals surface area (Å²) in [6.07, 6.45) is 0.566. The van der Waals surface area contributed by atoms with Crippen molar-refractivity contribution in [3.8, 4) is 11.1 Å². The second-order valence-electron chi connectivity index (χ2n) is 4.22. The van der Waals surface area contributed by atoms with Crippen LogP contribution in [0.15, 0.2) is 30.3 Å². The maximum absolute atomic E-state index is 13.8. The zero-order valence-electron chi connectivity index (χ0n) is 10.2. The highest BCUT2D eigenvalue weighted by atomic mass is 19.2. The van der Waals surface area contributed by atoms with E-state index in [2.05, 4.69) is 0 Å². The lowest BCUT2D eigenvalue weighted by Gasteiger charge is -2.08. The van der Waals surface area contributed by atoms with E-state index in [4.69, 9.17) is 0 Å². The Morgan fingerprint density at radius 2 is 1.67 bits per heavy atom. The molecule has 0 nitrogen and oxygen atoms in total. The summed E-state index contributed by atoms with van der Waals surface area (Å²) < 4.78 is 40.9. The van der Waals surface area contributed by atoms with Gasteiger partial charge in [0.25, 0.3) is 0 Å². The third-order valence-corrected chi connectivity index (χ3v) is 3.02. The highest BCUT2D eigenvalue weighted by Gasteiger charge is 2.13. The molecule has 18 heavy (non-hydrogen) atoms. The van der Waals surface area contributed by atoms with Crippen LogP contribution in [-0.2, 0) is 6.42 Å². The lowest BCUT2D eigenvalue weighted by molar-refractivity contribution is 0.505. The van der Waals surface area contributed by atoms with Crippen molar-refractivity contribution in [2.45, 2.75) is 20.3 Å². The molecular formula is C15H13F3. The number of hydrogen-bond donors (Lipinski definition) is 0. The first kappa shape index (κ1) is 12.7. The molecule has 0 saturated carbocycles. The third-order valence-electron chi connectivity index (χ3n) is 3.02. The molecule has 2 rings (SSSR count). The van der Waals surface area contributed by atoms with Gasteiger partial charge in [-0.2, -0.15) is 0 Å². The standard InChI is InChI=1S/C15H13F3/c1-3-10-5-6-11(8-13(10)16)12-7-4-9(2)14(17)15(12)18/h4-8H,3H2,1-2H3. The zero-order chi connectivity index (χ0) is 13.3. The van der Waals surface area contributed by atoms with Crippen molar-refractivity contribution in [3.63, 3.8) is 0 Å². The Labute approximate surface area is 104 Å². The van der Waals surface area contributed by atoms with Gasteiger partial charge in [0.15, 0.2) is 11.6 Å². The summed E-state index contributed by atoms with van der Waals surface area (Å²) in [4.78, 5) is 0. The highest BCUT2D eigenvalue weighted by Crippen LogP contribution is 2.27. The van der Waals surface area contributed by atoms with Gasteiger partial charge in [-0.3, -0.25) is 0 Å². The highest BCUT2D eigenvalue weighted by molar-refractivity contribution is 5.65. The topological polar surface area (TPSA) is 0 Å². The van der Waals surface area contributed by atoms with E-state index in [9.17, 15) is 13.2 Å². The third kappa shape index (κ3) is 2.13. The molecule has 0 amide bonds. The van der Waals surface area contributed by atoms with Crippen LogP contribution in [0, 0.1) is 24.4 Å². The summed E-state index contributed by atoms with van der Waals surface area (Å²) in [5.41, 5.74) is 1.23. The Bertz CT molecular complexity index is 589. The van der Waals surface area contributed by atoms with Gasteiger partial charge >= 0.3 is 0 Å². The fourth-order valence-electron chi connectivity index (χ4n) is 1.87. The molecule has 0 heterocycles. The average Bonchev–Trinajstić information content (AvgIpc) is 2.36. The first-order valence-electron chi connectivity index (χ1n) is 5.78. The molecule has 0 saturated heterocycles. The Kier molecular flexibility index (Phi) is 3.41. The predicted octanol–water partition coefficient (Wildman–Crippen LogP) is 4.64. The maximum atomic E-state index is 13.8. The molecule has 0 radical (unpaired) electrons. The number of rotatable bonds is 2. The predicted molar refractivity (Wildman–Crippen MR) is 65.9 cm³/mol. The van der Waals surface area contributed by atoms with Gasteiger partial charge in [-0.25, -0.2) is 13.2 Å². The van der Waals surface area contributed by atoms with Crippen LogP contribution in [0.2, 0.25) is 0 Å². The smallest absolute Gasteiger partial charge is 0.166 e. The number of halogens is 3. The van der Waals surface area contributed by atoms with Gasteiger partial charge in [0.1, 0.15) is 5.82 Å². The van der Waals surface area contributed by atoms with Crippen LogP contribution in [-0.4, -0.2) is 0 Å². The summed E-state index contributed by atoms with van der Waals surface area (Å²) in [6, 6.07) is 7.40. The minimum atomic E-state index is -0.932. The van der Waals surface area contributed by atoms with Crippen molar-refractivity contribution >= 4 is 0 Å². The molecule has 2 aromatic carbocycles. The van der Waals surface area contributed by atoms with Gasteiger partial charge in [0, 0.05) is 5.56 Å². The summed E-state index contributed by atoms with van der Waals surface area (Å²) in [5, 5.41) is 0. The van der Waals surface area contributed by atoms with Gasteiger partial charge in [-0.15, -0.1) is 0 Å². The van der Waals surface area contributed by atoms with Gasteiger partial charge in [0.05, 0.1) is 0 Å². The second-order valence-corrected chi connectivity index (χ2v) is 4.22. The van der Waals surface area contributed by atoms with E-state index in [0.29, 0.717) is 17.5 Å². The van der Waals surface area contributed by atoms with Crippen molar-refractivity contribution < 1.29 is 13.2 Å². The van der Waals surface area contributed by atoms with E-state index in [0.717, 1.165) is 0 Å². The van der Waals surface area contributed by atoms with Gasteiger partial charge in [0.2, 0.25) is 0 Å². The van der Waals surface area contributed by atoms with Crippen LogP contribution in [0.25, 0.3) is 11.1 Å². The first-order valence-corrected chi connectivity index (χ1v) is 5.78. The van der Waals surface area contributed by atoms with Crippen LogP contribution >= 0.6 is 0 Å². The van der Waals surface area contributed by atoms with Gasteiger partial charge < -0.3 is 0 Å². The Morgan fingerprint density at radius 3 is 2.28 bits per heavy atom. The van der Waals surface area contributed by atoms with E-state index in [-0.39, 0.29) is 11.1 Å². The van der Waals surface area contributed by atoms with Crippen LogP contribution in [0.5, 0.6) is 0 Å². The molecule has 0 bridgehead atoms. The lowest BCUT2D eigenvalue weighted by atomic mass is 10.0. The Hall–Kier alpha value is -1.77. The fourth-order valence-corrected chi connectivity index (χ4v) is 1.87. The van der Waals surface area contributed by atoms with Crippen molar-refractivity contribution in [1.29, 1.82) is 0 Å². The molecule has 0 atom stereocenters. The molecule has 2 aromatic rings. The van der Waals surface area contributed by atoms with Gasteiger partial charge in [-0.1, -0.05) is 31.2 Å². The fraction of sp³-hybridized carbons (Fsp3) is 0.200. The number of hydrogen-bond acceptors (Lipinski definition) is 0. The van der Waals surface area contributed by atoms with E-state index >= 15 is 0 Å². The molecule has 0 N–H and O–H groups in total. The minimum Gasteiger partial charge on any atom is -0.207 e. The summed E-state index contributed by atoms with van der Waals surface area (Å²) in [7, 11) is 0. The van der Waals surface area contributed by atoms with Crippen LogP contribution in [0.4, 0.5) is 13.2 Å². The molecule has 0 spiro atoms. The van der Waals surface area contributed by atoms with Crippen molar-refractivity contribution in [3.05, 3.63) is 58.9 Å². The molecular weight excluding hydrogens is 237 g/mol.